The number of guanidine groups is 1. The van der Waals surface area contributed by atoms with Gasteiger partial charge in [0, 0.05) is 19.4 Å². The molecule has 4 atom stereocenters. The number of carbonyl (C=O) groups is 4. The molecule has 2 aromatic carbocycles. The maximum atomic E-state index is 13.3. The second-order valence-corrected chi connectivity index (χ2v) is 9.14. The van der Waals surface area contributed by atoms with E-state index in [0.29, 0.717) is 6.42 Å². The van der Waals surface area contributed by atoms with E-state index in [-0.39, 0.29) is 31.8 Å². The summed E-state index contributed by atoms with van der Waals surface area (Å²) in [4.78, 5) is 54.7. The van der Waals surface area contributed by atoms with Crippen LogP contribution in [0.25, 0.3) is 0 Å². The summed E-state index contributed by atoms with van der Waals surface area (Å²) in [6, 6.07) is 13.7. The number of aliphatic carboxylic acids is 1. The average molecular weight is 540 g/mol. The van der Waals surface area contributed by atoms with E-state index in [2.05, 4.69) is 20.9 Å². The van der Waals surface area contributed by atoms with E-state index >= 15 is 0 Å². The molecule has 12 nitrogen and oxygen atoms in total. The molecule has 0 bridgehead atoms. The van der Waals surface area contributed by atoms with Gasteiger partial charge in [0.05, 0.1) is 6.04 Å². The Bertz CT molecular complexity index is 1120. The van der Waals surface area contributed by atoms with Crippen LogP contribution in [-0.2, 0) is 32.0 Å². The van der Waals surface area contributed by atoms with Crippen LogP contribution in [0.1, 0.15) is 30.9 Å². The molecule has 0 aliphatic carbocycles. The smallest absolute Gasteiger partial charge is 0.326 e. The van der Waals surface area contributed by atoms with E-state index in [9.17, 15) is 24.3 Å². The molecule has 4 unspecified atom stereocenters. The molecule has 0 aliphatic rings. The van der Waals surface area contributed by atoms with E-state index < -0.39 is 47.9 Å². The highest BCUT2D eigenvalue weighted by Crippen LogP contribution is 2.08. The van der Waals surface area contributed by atoms with Gasteiger partial charge in [0.2, 0.25) is 17.7 Å². The first-order chi connectivity index (χ1) is 18.6. The molecule has 0 fully saturated rings. The molecule has 0 saturated heterocycles. The number of nitrogens with two attached hydrogens (primary N) is 3. The van der Waals surface area contributed by atoms with Crippen molar-refractivity contribution in [2.24, 2.45) is 22.2 Å². The Morgan fingerprint density at radius 1 is 0.769 bits per heavy atom. The van der Waals surface area contributed by atoms with Crippen LogP contribution < -0.4 is 33.2 Å². The minimum atomic E-state index is -1.23. The molecule has 2 rings (SSSR count). The summed E-state index contributed by atoms with van der Waals surface area (Å²) < 4.78 is 0. The van der Waals surface area contributed by atoms with Crippen LogP contribution in [0.2, 0.25) is 0 Å². The fourth-order valence-electron chi connectivity index (χ4n) is 3.73. The van der Waals surface area contributed by atoms with Crippen LogP contribution >= 0.6 is 0 Å². The molecule has 10 N–H and O–H groups in total. The molecular weight excluding hydrogens is 502 g/mol. The van der Waals surface area contributed by atoms with Gasteiger partial charge >= 0.3 is 5.97 Å². The lowest BCUT2D eigenvalue weighted by Gasteiger charge is -2.25. The predicted molar refractivity (Wildman–Crippen MR) is 147 cm³/mol. The maximum Gasteiger partial charge on any atom is 0.326 e. The molecule has 2 aromatic rings. The van der Waals surface area contributed by atoms with Gasteiger partial charge in [0.25, 0.3) is 0 Å². The van der Waals surface area contributed by atoms with Gasteiger partial charge in [-0.1, -0.05) is 60.7 Å². The normalized spacial score (nSPS) is 13.7. The van der Waals surface area contributed by atoms with Gasteiger partial charge in [-0.05, 0) is 30.9 Å². The molecule has 12 heteroatoms. The van der Waals surface area contributed by atoms with Crippen LogP contribution in [0.5, 0.6) is 0 Å². The summed E-state index contributed by atoms with van der Waals surface area (Å²) in [6.07, 6.45) is 0.643. The number of nitrogens with zero attached hydrogens (tertiary/aromatic N) is 1. The van der Waals surface area contributed by atoms with Crippen molar-refractivity contribution in [1.29, 1.82) is 0 Å². The second-order valence-electron chi connectivity index (χ2n) is 9.14. The van der Waals surface area contributed by atoms with Crippen molar-refractivity contribution in [1.82, 2.24) is 16.0 Å². The first-order valence-corrected chi connectivity index (χ1v) is 12.6. The van der Waals surface area contributed by atoms with Gasteiger partial charge in [0.15, 0.2) is 5.96 Å². The minimum Gasteiger partial charge on any atom is -0.480 e. The Hall–Kier alpha value is -4.45. The van der Waals surface area contributed by atoms with Crippen molar-refractivity contribution in [3.05, 3.63) is 71.8 Å². The first-order valence-electron chi connectivity index (χ1n) is 12.6. The summed E-state index contributed by atoms with van der Waals surface area (Å²) in [5.41, 5.74) is 17.9. The van der Waals surface area contributed by atoms with Gasteiger partial charge in [-0.25, -0.2) is 4.79 Å². The molecule has 0 aliphatic heterocycles. The lowest BCUT2D eigenvalue weighted by atomic mass is 10.0. The molecular formula is C27H37N7O5. The van der Waals surface area contributed by atoms with Crippen molar-refractivity contribution in [2.75, 3.05) is 6.54 Å². The zero-order valence-corrected chi connectivity index (χ0v) is 21.9. The summed E-state index contributed by atoms with van der Waals surface area (Å²) in [5, 5.41) is 17.5. The van der Waals surface area contributed by atoms with Gasteiger partial charge < -0.3 is 38.3 Å². The summed E-state index contributed by atoms with van der Waals surface area (Å²) in [5.74, 6) is -3.17. The molecule has 0 heterocycles. The highest BCUT2D eigenvalue weighted by molar-refractivity contribution is 5.94. The van der Waals surface area contributed by atoms with Gasteiger partial charge in [-0.15, -0.1) is 0 Å². The predicted octanol–water partition coefficient (Wildman–Crippen LogP) is -0.588. The van der Waals surface area contributed by atoms with E-state index in [1.165, 1.54) is 6.92 Å². The number of rotatable bonds is 15. The van der Waals surface area contributed by atoms with Crippen molar-refractivity contribution >= 4 is 29.7 Å². The number of carbonyl (C=O) groups excluding carboxylic acids is 3. The molecule has 0 spiro atoms. The van der Waals surface area contributed by atoms with E-state index in [4.69, 9.17) is 17.2 Å². The quantitative estimate of drug-likeness (QED) is 0.0880. The number of carboxylic acids is 1. The Balaban J connectivity index is 2.22. The third kappa shape index (κ3) is 11.2. The van der Waals surface area contributed by atoms with Crippen molar-refractivity contribution in [2.45, 2.75) is 56.8 Å². The molecule has 39 heavy (non-hydrogen) atoms. The Morgan fingerprint density at radius 2 is 1.23 bits per heavy atom. The average Bonchev–Trinajstić information content (AvgIpc) is 2.90. The first kappa shape index (κ1) is 30.8. The van der Waals surface area contributed by atoms with Crippen molar-refractivity contribution < 1.29 is 24.3 Å². The second kappa shape index (κ2) is 15.7. The van der Waals surface area contributed by atoms with Crippen molar-refractivity contribution in [3.63, 3.8) is 0 Å². The lowest BCUT2D eigenvalue weighted by molar-refractivity contribution is -0.142. The van der Waals surface area contributed by atoms with Crippen LogP contribution in [0.4, 0.5) is 0 Å². The van der Waals surface area contributed by atoms with Crippen LogP contribution in [-0.4, -0.2) is 65.5 Å². The molecule has 3 amide bonds. The van der Waals surface area contributed by atoms with Crippen molar-refractivity contribution in [3.8, 4) is 0 Å². The van der Waals surface area contributed by atoms with Gasteiger partial charge in [-0.2, -0.15) is 0 Å². The number of nitrogens with one attached hydrogen (secondary N) is 3. The standard InChI is InChI=1S/C27H37N7O5/c1-17(28)23(35)33-21(15-18-9-4-2-5-10-18)25(37)32-20(13-8-14-31-27(29)30)24(36)34-22(26(38)39)16-19-11-6-3-7-12-19/h2-7,9-12,17,20-22H,8,13-16,28H2,1H3,(H,32,37)(H,33,35)(H,34,36)(H,38,39)(H4,29,30,31). The fraction of sp³-hybridized carbons (Fsp3) is 0.370. The Labute approximate surface area is 227 Å². The van der Waals surface area contributed by atoms with Gasteiger partial charge in [0.1, 0.15) is 18.1 Å². The summed E-state index contributed by atoms with van der Waals surface area (Å²) in [7, 11) is 0. The summed E-state index contributed by atoms with van der Waals surface area (Å²) >= 11 is 0. The minimum absolute atomic E-state index is 0.0532. The van der Waals surface area contributed by atoms with Crippen LogP contribution in [0.3, 0.4) is 0 Å². The molecule has 0 radical (unpaired) electrons. The topological polar surface area (TPSA) is 215 Å². The third-order valence-corrected chi connectivity index (χ3v) is 5.80. The highest BCUT2D eigenvalue weighted by Gasteiger charge is 2.30. The zero-order chi connectivity index (χ0) is 28.8. The number of hydrogen-bond donors (Lipinski definition) is 7. The molecule has 0 aromatic heterocycles. The van der Waals surface area contributed by atoms with Crippen LogP contribution in [0.15, 0.2) is 65.7 Å². The van der Waals surface area contributed by atoms with E-state index in [1.54, 1.807) is 54.6 Å². The summed E-state index contributed by atoms with van der Waals surface area (Å²) in [6.45, 7) is 1.69. The van der Waals surface area contributed by atoms with E-state index in [0.717, 1.165) is 11.1 Å². The highest BCUT2D eigenvalue weighted by atomic mass is 16.4. The molecule has 0 saturated carbocycles. The monoisotopic (exact) mass is 539 g/mol. The van der Waals surface area contributed by atoms with Gasteiger partial charge in [-0.3, -0.25) is 19.4 Å². The molecule has 210 valence electrons. The zero-order valence-electron chi connectivity index (χ0n) is 21.9. The lowest BCUT2D eigenvalue weighted by Crippen LogP contribution is -2.57. The Morgan fingerprint density at radius 3 is 1.72 bits per heavy atom. The number of benzene rings is 2. The number of amides is 3. The third-order valence-electron chi connectivity index (χ3n) is 5.80. The van der Waals surface area contributed by atoms with Crippen LogP contribution in [0, 0.1) is 0 Å². The SMILES string of the molecule is CC(N)C(=O)NC(Cc1ccccc1)C(=O)NC(CCCN=C(N)N)C(=O)NC(Cc1ccccc1)C(=O)O. The van der Waals surface area contributed by atoms with E-state index in [1.807, 2.05) is 6.07 Å². The Kier molecular flexibility index (Phi) is 12.4. The number of aliphatic imine (C=N–C) groups is 1. The largest absolute Gasteiger partial charge is 0.480 e. The maximum absolute atomic E-state index is 13.3. The fourth-order valence-corrected chi connectivity index (χ4v) is 3.73. The number of hydrogen-bond acceptors (Lipinski definition) is 6. The number of carboxylic acid groups (broad SMARTS) is 1.